The van der Waals surface area contributed by atoms with Crippen molar-refractivity contribution < 1.29 is 0 Å². The molecule has 0 radical (unpaired) electrons. The Kier molecular flexibility index (Phi) is 4.54. The minimum absolute atomic E-state index is 0.436. The number of benzene rings is 1. The average molecular weight is 272 g/mol. The molecule has 0 aromatic heterocycles. The van der Waals surface area contributed by atoms with E-state index < -0.39 is 0 Å². The molecule has 0 amide bonds. The van der Waals surface area contributed by atoms with Gasteiger partial charge in [-0.3, -0.25) is 0 Å². The largest absolute Gasteiger partial charge is 0.398 e. The maximum atomic E-state index is 6.21. The number of piperidine rings is 1. The van der Waals surface area contributed by atoms with Crippen LogP contribution in [-0.4, -0.2) is 25.0 Å². The molecule has 2 N–H and O–H groups in total. The summed E-state index contributed by atoms with van der Waals surface area (Å²) in [6, 6.07) is 4.44. The van der Waals surface area contributed by atoms with E-state index in [2.05, 4.69) is 51.4 Å². The zero-order valence-corrected chi connectivity index (χ0v) is 13.4. The molecular formula is C18H28N2. The number of aryl methyl sites for hydroxylation is 1. The number of allylic oxidation sites excluding steroid dienone is 1. The number of rotatable bonds is 3. The number of anilines is 1. The lowest BCUT2D eigenvalue weighted by molar-refractivity contribution is 0.255. The Morgan fingerprint density at radius 3 is 2.45 bits per heavy atom. The van der Waals surface area contributed by atoms with Crippen LogP contribution in [0, 0.1) is 12.8 Å². The standard InChI is InChI=1S/C18H28N2/c1-12(2)14(4)17-11-16(13(3)10-18(17)19)15-6-8-20(5)9-7-15/h10-12,15H,4,6-9,19H2,1-3,5H3. The van der Waals surface area contributed by atoms with E-state index in [0.29, 0.717) is 11.8 Å². The first-order chi connectivity index (χ1) is 9.40. The van der Waals surface area contributed by atoms with Gasteiger partial charge in [0, 0.05) is 11.3 Å². The van der Waals surface area contributed by atoms with Gasteiger partial charge in [-0.1, -0.05) is 20.4 Å². The summed E-state index contributed by atoms with van der Waals surface area (Å²) in [7, 11) is 2.21. The number of likely N-dealkylation sites (tertiary alicyclic amines) is 1. The fraction of sp³-hybridized carbons (Fsp3) is 0.556. The van der Waals surface area contributed by atoms with E-state index in [4.69, 9.17) is 5.73 Å². The van der Waals surface area contributed by atoms with E-state index in [0.717, 1.165) is 16.8 Å². The molecular weight excluding hydrogens is 244 g/mol. The Hall–Kier alpha value is -1.28. The normalized spacial score (nSPS) is 17.6. The fourth-order valence-corrected chi connectivity index (χ4v) is 3.10. The number of hydrogen-bond donors (Lipinski definition) is 1. The maximum absolute atomic E-state index is 6.21. The van der Waals surface area contributed by atoms with Crippen LogP contribution >= 0.6 is 0 Å². The van der Waals surface area contributed by atoms with Crippen LogP contribution in [0.25, 0.3) is 5.57 Å². The zero-order valence-electron chi connectivity index (χ0n) is 13.4. The Morgan fingerprint density at radius 1 is 1.30 bits per heavy atom. The van der Waals surface area contributed by atoms with E-state index in [1.165, 1.54) is 37.1 Å². The molecule has 110 valence electrons. The van der Waals surface area contributed by atoms with Gasteiger partial charge in [-0.2, -0.15) is 0 Å². The second kappa shape index (κ2) is 6.01. The van der Waals surface area contributed by atoms with Gasteiger partial charge in [-0.25, -0.2) is 0 Å². The summed E-state index contributed by atoms with van der Waals surface area (Å²) < 4.78 is 0. The van der Waals surface area contributed by atoms with Crippen molar-refractivity contribution >= 4 is 11.3 Å². The zero-order chi connectivity index (χ0) is 14.9. The lowest BCUT2D eigenvalue weighted by Crippen LogP contribution is -2.29. The Morgan fingerprint density at radius 2 is 1.90 bits per heavy atom. The molecule has 1 aromatic rings. The van der Waals surface area contributed by atoms with Gasteiger partial charge >= 0.3 is 0 Å². The SMILES string of the molecule is C=C(c1cc(C2CCN(C)CC2)c(C)cc1N)C(C)C. The van der Waals surface area contributed by atoms with E-state index >= 15 is 0 Å². The van der Waals surface area contributed by atoms with Crippen molar-refractivity contribution in [1.29, 1.82) is 0 Å². The summed E-state index contributed by atoms with van der Waals surface area (Å²) in [4.78, 5) is 2.41. The summed E-state index contributed by atoms with van der Waals surface area (Å²) in [5.41, 5.74) is 12.2. The molecule has 1 aliphatic heterocycles. The number of nitrogen functional groups attached to an aromatic ring is 1. The van der Waals surface area contributed by atoms with Gasteiger partial charge in [0.25, 0.3) is 0 Å². The molecule has 0 unspecified atom stereocenters. The van der Waals surface area contributed by atoms with Crippen LogP contribution in [0.2, 0.25) is 0 Å². The highest BCUT2D eigenvalue weighted by molar-refractivity contribution is 5.76. The van der Waals surface area contributed by atoms with Crippen LogP contribution in [0.3, 0.4) is 0 Å². The number of nitrogens with two attached hydrogens (primary N) is 1. The molecule has 0 aliphatic carbocycles. The van der Waals surface area contributed by atoms with Crippen molar-refractivity contribution in [2.75, 3.05) is 25.9 Å². The molecule has 1 fully saturated rings. The molecule has 1 heterocycles. The van der Waals surface area contributed by atoms with Crippen molar-refractivity contribution in [2.45, 2.75) is 39.5 Å². The van der Waals surface area contributed by atoms with E-state index in [1.807, 2.05) is 0 Å². The van der Waals surface area contributed by atoms with Crippen molar-refractivity contribution in [3.63, 3.8) is 0 Å². The quantitative estimate of drug-likeness (QED) is 0.841. The van der Waals surface area contributed by atoms with Crippen LogP contribution < -0.4 is 5.73 Å². The topological polar surface area (TPSA) is 29.3 Å². The van der Waals surface area contributed by atoms with Gasteiger partial charge < -0.3 is 10.6 Å². The van der Waals surface area contributed by atoms with Crippen molar-refractivity contribution in [1.82, 2.24) is 4.90 Å². The van der Waals surface area contributed by atoms with Gasteiger partial charge in [-0.15, -0.1) is 0 Å². The molecule has 2 nitrogen and oxygen atoms in total. The second-order valence-electron chi connectivity index (χ2n) is 6.55. The lowest BCUT2D eigenvalue weighted by atomic mass is 9.83. The fourth-order valence-electron chi connectivity index (χ4n) is 3.10. The molecule has 0 bridgehead atoms. The minimum atomic E-state index is 0.436. The van der Waals surface area contributed by atoms with Crippen LogP contribution in [-0.2, 0) is 0 Å². The predicted octanol–water partition coefficient (Wildman–Crippen LogP) is 4.06. The van der Waals surface area contributed by atoms with Crippen molar-refractivity contribution in [3.8, 4) is 0 Å². The summed E-state index contributed by atoms with van der Waals surface area (Å²) in [5.74, 6) is 1.11. The van der Waals surface area contributed by atoms with Gasteiger partial charge in [0.15, 0.2) is 0 Å². The van der Waals surface area contributed by atoms with Gasteiger partial charge in [-0.05, 0) is 80.6 Å². The van der Waals surface area contributed by atoms with E-state index in [1.54, 1.807) is 0 Å². The Bertz CT molecular complexity index is 494. The molecule has 1 saturated heterocycles. The molecule has 2 heteroatoms. The first-order valence-corrected chi connectivity index (χ1v) is 7.68. The lowest BCUT2D eigenvalue weighted by Gasteiger charge is -2.30. The summed E-state index contributed by atoms with van der Waals surface area (Å²) in [6.45, 7) is 13.1. The molecule has 0 saturated carbocycles. The Labute approximate surface area is 123 Å². The monoisotopic (exact) mass is 272 g/mol. The molecule has 2 rings (SSSR count). The van der Waals surface area contributed by atoms with E-state index in [9.17, 15) is 0 Å². The molecule has 0 spiro atoms. The first kappa shape index (κ1) is 15.1. The highest BCUT2D eigenvalue weighted by Gasteiger charge is 2.21. The van der Waals surface area contributed by atoms with Gasteiger partial charge in [0.2, 0.25) is 0 Å². The highest BCUT2D eigenvalue weighted by atomic mass is 15.1. The first-order valence-electron chi connectivity index (χ1n) is 7.68. The smallest absolute Gasteiger partial charge is 0.0393 e. The van der Waals surface area contributed by atoms with Crippen LogP contribution in [0.1, 0.15) is 49.3 Å². The predicted molar refractivity (Wildman–Crippen MR) is 88.9 cm³/mol. The van der Waals surface area contributed by atoms with Gasteiger partial charge in [0.1, 0.15) is 0 Å². The Balaban J connectivity index is 2.34. The summed E-state index contributed by atoms with van der Waals surface area (Å²) in [5, 5.41) is 0. The summed E-state index contributed by atoms with van der Waals surface area (Å²) in [6.07, 6.45) is 2.49. The van der Waals surface area contributed by atoms with Crippen LogP contribution in [0.4, 0.5) is 5.69 Å². The minimum Gasteiger partial charge on any atom is -0.398 e. The second-order valence-corrected chi connectivity index (χ2v) is 6.55. The highest BCUT2D eigenvalue weighted by Crippen LogP contribution is 2.35. The van der Waals surface area contributed by atoms with Gasteiger partial charge in [0.05, 0.1) is 0 Å². The van der Waals surface area contributed by atoms with E-state index in [-0.39, 0.29) is 0 Å². The average Bonchev–Trinajstić information content (AvgIpc) is 2.39. The third kappa shape index (κ3) is 3.06. The van der Waals surface area contributed by atoms with Crippen molar-refractivity contribution in [3.05, 3.63) is 35.4 Å². The number of nitrogens with zero attached hydrogens (tertiary/aromatic N) is 1. The van der Waals surface area contributed by atoms with Crippen molar-refractivity contribution in [2.24, 2.45) is 5.92 Å². The van der Waals surface area contributed by atoms with Crippen LogP contribution in [0.5, 0.6) is 0 Å². The third-order valence-electron chi connectivity index (χ3n) is 4.64. The maximum Gasteiger partial charge on any atom is 0.0393 e. The molecule has 20 heavy (non-hydrogen) atoms. The van der Waals surface area contributed by atoms with Crippen LogP contribution in [0.15, 0.2) is 18.7 Å². The molecule has 1 aliphatic rings. The third-order valence-corrected chi connectivity index (χ3v) is 4.64. The molecule has 1 aromatic carbocycles. The summed E-state index contributed by atoms with van der Waals surface area (Å²) >= 11 is 0. The number of hydrogen-bond acceptors (Lipinski definition) is 2. The molecule has 0 atom stereocenters.